The van der Waals surface area contributed by atoms with Crippen molar-refractivity contribution in [1.29, 1.82) is 0 Å². The number of para-hydroxylation sites is 1. The van der Waals surface area contributed by atoms with Crippen LogP contribution in [0.1, 0.15) is 5.56 Å². The number of nitrogens with zero attached hydrogens (tertiary/aromatic N) is 2. The van der Waals surface area contributed by atoms with Crippen LogP contribution < -0.4 is 5.73 Å². The number of aromatic nitrogens is 2. The van der Waals surface area contributed by atoms with E-state index in [9.17, 15) is 0 Å². The SMILES string of the molecule is Cc1ccc(Cl)cc1-n1c(N)nc2cccc(Cl)c21. The summed E-state index contributed by atoms with van der Waals surface area (Å²) >= 11 is 12.3. The van der Waals surface area contributed by atoms with E-state index in [1.807, 2.05) is 47.9 Å². The van der Waals surface area contributed by atoms with Gasteiger partial charge in [-0.25, -0.2) is 4.98 Å². The summed E-state index contributed by atoms with van der Waals surface area (Å²) in [4.78, 5) is 4.33. The minimum atomic E-state index is 0.397. The van der Waals surface area contributed by atoms with Gasteiger partial charge in [-0.05, 0) is 36.8 Å². The van der Waals surface area contributed by atoms with Gasteiger partial charge in [-0.2, -0.15) is 0 Å². The van der Waals surface area contributed by atoms with Crippen LogP contribution in [0.3, 0.4) is 0 Å². The lowest BCUT2D eigenvalue weighted by molar-refractivity contribution is 1.09. The van der Waals surface area contributed by atoms with E-state index >= 15 is 0 Å². The molecule has 0 aliphatic carbocycles. The first-order valence-corrected chi connectivity index (χ1v) is 6.52. The van der Waals surface area contributed by atoms with Gasteiger partial charge in [-0.15, -0.1) is 0 Å². The van der Waals surface area contributed by atoms with Gasteiger partial charge >= 0.3 is 0 Å². The van der Waals surface area contributed by atoms with Crippen molar-refractivity contribution in [2.45, 2.75) is 6.92 Å². The maximum Gasteiger partial charge on any atom is 0.205 e. The minimum Gasteiger partial charge on any atom is -0.369 e. The van der Waals surface area contributed by atoms with Crippen molar-refractivity contribution in [3.63, 3.8) is 0 Å². The number of fused-ring (bicyclic) bond motifs is 1. The van der Waals surface area contributed by atoms with Gasteiger partial charge < -0.3 is 5.73 Å². The Morgan fingerprint density at radius 2 is 1.95 bits per heavy atom. The molecule has 0 atom stereocenters. The Hall–Kier alpha value is -1.71. The molecule has 1 aromatic heterocycles. The van der Waals surface area contributed by atoms with E-state index in [0.717, 1.165) is 22.3 Å². The van der Waals surface area contributed by atoms with E-state index in [1.165, 1.54) is 0 Å². The highest BCUT2D eigenvalue weighted by Gasteiger charge is 2.14. The summed E-state index contributed by atoms with van der Waals surface area (Å²) in [5.74, 6) is 0.397. The molecule has 0 aliphatic heterocycles. The monoisotopic (exact) mass is 291 g/mol. The summed E-state index contributed by atoms with van der Waals surface area (Å²) in [5, 5.41) is 1.26. The van der Waals surface area contributed by atoms with Crippen LogP contribution in [-0.4, -0.2) is 9.55 Å². The molecule has 2 aromatic carbocycles. The van der Waals surface area contributed by atoms with E-state index in [4.69, 9.17) is 28.9 Å². The summed E-state index contributed by atoms with van der Waals surface area (Å²) in [6, 6.07) is 11.2. The quantitative estimate of drug-likeness (QED) is 0.729. The van der Waals surface area contributed by atoms with Crippen LogP contribution in [0.15, 0.2) is 36.4 Å². The van der Waals surface area contributed by atoms with Gasteiger partial charge in [0.15, 0.2) is 0 Å². The second-order valence-corrected chi connectivity index (χ2v) is 5.19. The molecule has 0 spiro atoms. The summed E-state index contributed by atoms with van der Waals surface area (Å²) in [6.07, 6.45) is 0. The minimum absolute atomic E-state index is 0.397. The van der Waals surface area contributed by atoms with Crippen LogP contribution in [0.4, 0.5) is 5.95 Å². The van der Waals surface area contributed by atoms with Crippen LogP contribution in [-0.2, 0) is 0 Å². The van der Waals surface area contributed by atoms with E-state index in [2.05, 4.69) is 4.98 Å². The van der Waals surface area contributed by atoms with Crippen LogP contribution in [0, 0.1) is 6.92 Å². The number of rotatable bonds is 1. The molecule has 0 amide bonds. The number of halogens is 2. The van der Waals surface area contributed by atoms with Crippen molar-refractivity contribution < 1.29 is 0 Å². The fraction of sp³-hybridized carbons (Fsp3) is 0.0714. The van der Waals surface area contributed by atoms with E-state index < -0.39 is 0 Å². The molecular weight excluding hydrogens is 281 g/mol. The molecule has 1 heterocycles. The molecule has 0 radical (unpaired) electrons. The standard InChI is InChI=1S/C14H11Cl2N3/c1-8-5-6-9(15)7-12(8)19-13-10(16)3-2-4-11(13)18-14(19)17/h2-7H,1H3,(H2,17,18). The van der Waals surface area contributed by atoms with Crippen molar-refractivity contribution in [3.8, 4) is 5.69 Å². The molecule has 96 valence electrons. The van der Waals surface area contributed by atoms with Crippen LogP contribution in [0.5, 0.6) is 0 Å². The molecule has 3 aromatic rings. The number of benzene rings is 2. The zero-order valence-electron chi connectivity index (χ0n) is 10.2. The van der Waals surface area contributed by atoms with Gasteiger partial charge in [0.25, 0.3) is 0 Å². The number of anilines is 1. The van der Waals surface area contributed by atoms with Gasteiger partial charge in [-0.1, -0.05) is 35.3 Å². The molecule has 19 heavy (non-hydrogen) atoms. The third-order valence-electron chi connectivity index (χ3n) is 3.07. The number of aryl methyl sites for hydroxylation is 1. The van der Waals surface area contributed by atoms with Gasteiger partial charge in [-0.3, -0.25) is 4.57 Å². The molecular formula is C14H11Cl2N3. The molecule has 3 nitrogen and oxygen atoms in total. The smallest absolute Gasteiger partial charge is 0.205 e. The Morgan fingerprint density at radius 1 is 1.16 bits per heavy atom. The van der Waals surface area contributed by atoms with Crippen molar-refractivity contribution in [1.82, 2.24) is 9.55 Å². The molecule has 0 aliphatic rings. The Kier molecular flexibility index (Phi) is 2.88. The third kappa shape index (κ3) is 1.95. The summed E-state index contributed by atoms with van der Waals surface area (Å²) < 4.78 is 1.83. The summed E-state index contributed by atoms with van der Waals surface area (Å²) in [7, 11) is 0. The molecule has 0 fully saturated rings. The van der Waals surface area contributed by atoms with Crippen LogP contribution in [0.25, 0.3) is 16.7 Å². The van der Waals surface area contributed by atoms with Crippen molar-refractivity contribution in [2.24, 2.45) is 0 Å². The van der Waals surface area contributed by atoms with Crippen LogP contribution >= 0.6 is 23.2 Å². The fourth-order valence-corrected chi connectivity index (χ4v) is 2.59. The predicted molar refractivity (Wildman–Crippen MR) is 80.2 cm³/mol. The summed E-state index contributed by atoms with van der Waals surface area (Å²) in [6.45, 7) is 1.99. The van der Waals surface area contributed by atoms with Crippen molar-refractivity contribution in [2.75, 3.05) is 5.73 Å². The lowest BCUT2D eigenvalue weighted by Crippen LogP contribution is -2.02. The van der Waals surface area contributed by atoms with Gasteiger partial charge in [0.1, 0.15) is 0 Å². The molecule has 3 rings (SSSR count). The van der Waals surface area contributed by atoms with Crippen molar-refractivity contribution >= 4 is 40.2 Å². The topological polar surface area (TPSA) is 43.8 Å². The number of imidazole rings is 1. The number of hydrogen-bond acceptors (Lipinski definition) is 2. The maximum absolute atomic E-state index is 6.27. The molecule has 2 N–H and O–H groups in total. The largest absolute Gasteiger partial charge is 0.369 e. The Morgan fingerprint density at radius 3 is 2.74 bits per heavy atom. The Balaban J connectivity index is 2.42. The maximum atomic E-state index is 6.27. The van der Waals surface area contributed by atoms with Crippen molar-refractivity contribution in [3.05, 3.63) is 52.0 Å². The Labute approximate surface area is 120 Å². The lowest BCUT2D eigenvalue weighted by Gasteiger charge is -2.11. The predicted octanol–water partition coefficient (Wildman–Crippen LogP) is 4.22. The summed E-state index contributed by atoms with van der Waals surface area (Å²) in [5.41, 5.74) is 9.53. The molecule has 0 bridgehead atoms. The Bertz CT molecular complexity index is 778. The number of nitrogens with two attached hydrogens (primary N) is 1. The zero-order chi connectivity index (χ0) is 13.6. The highest BCUT2D eigenvalue weighted by atomic mass is 35.5. The number of hydrogen-bond donors (Lipinski definition) is 1. The second-order valence-electron chi connectivity index (χ2n) is 4.34. The average molecular weight is 292 g/mol. The lowest BCUT2D eigenvalue weighted by atomic mass is 10.2. The van der Waals surface area contributed by atoms with Gasteiger partial charge in [0, 0.05) is 5.02 Å². The number of nitrogen functional groups attached to an aromatic ring is 1. The highest BCUT2D eigenvalue weighted by molar-refractivity contribution is 6.35. The normalized spacial score (nSPS) is 11.1. The van der Waals surface area contributed by atoms with E-state index in [-0.39, 0.29) is 0 Å². The van der Waals surface area contributed by atoms with E-state index in [1.54, 1.807) is 0 Å². The fourth-order valence-electron chi connectivity index (χ4n) is 2.17. The zero-order valence-corrected chi connectivity index (χ0v) is 11.7. The first-order chi connectivity index (χ1) is 9.08. The van der Waals surface area contributed by atoms with Crippen LogP contribution in [0.2, 0.25) is 10.0 Å². The average Bonchev–Trinajstić information content (AvgIpc) is 2.70. The molecule has 0 saturated heterocycles. The molecule has 0 saturated carbocycles. The van der Waals surface area contributed by atoms with Gasteiger partial charge in [0.05, 0.1) is 21.7 Å². The van der Waals surface area contributed by atoms with E-state index in [0.29, 0.717) is 16.0 Å². The second kappa shape index (κ2) is 4.44. The third-order valence-corrected chi connectivity index (χ3v) is 3.61. The molecule has 5 heteroatoms. The first kappa shape index (κ1) is 12.3. The first-order valence-electron chi connectivity index (χ1n) is 5.77. The highest BCUT2D eigenvalue weighted by Crippen LogP contribution is 2.31. The van der Waals surface area contributed by atoms with Gasteiger partial charge in [0.2, 0.25) is 5.95 Å². The molecule has 0 unspecified atom stereocenters.